The predicted octanol–water partition coefficient (Wildman–Crippen LogP) is 2.30. The molecule has 9 heteroatoms. The second kappa shape index (κ2) is 5.16. The topological polar surface area (TPSA) is 96.4 Å². The Labute approximate surface area is 117 Å². The fourth-order valence-electron chi connectivity index (χ4n) is 1.25. The van der Waals surface area contributed by atoms with Crippen LogP contribution in [0.15, 0.2) is 34.7 Å². The maximum Gasteiger partial charge on any atom is 0.335 e. The van der Waals surface area contributed by atoms with Crippen LogP contribution in [0.25, 0.3) is 0 Å². The molecule has 2 aromatic rings. The summed E-state index contributed by atoms with van der Waals surface area (Å²) in [5.41, 5.74) is -0.0584. The smallest absolute Gasteiger partial charge is 0.335 e. The summed E-state index contributed by atoms with van der Waals surface area (Å²) in [6, 6.07) is 5.22. The quantitative estimate of drug-likeness (QED) is 0.901. The zero-order valence-electron chi connectivity index (χ0n) is 9.20. The molecule has 2 heterocycles. The fourth-order valence-corrected chi connectivity index (χ4v) is 3.73. The summed E-state index contributed by atoms with van der Waals surface area (Å²) in [7, 11) is -3.81. The van der Waals surface area contributed by atoms with Crippen LogP contribution in [-0.2, 0) is 10.0 Å². The third-order valence-electron chi connectivity index (χ3n) is 2.06. The van der Waals surface area contributed by atoms with Gasteiger partial charge in [0.25, 0.3) is 10.0 Å². The van der Waals surface area contributed by atoms with Crippen LogP contribution in [0.1, 0.15) is 10.4 Å². The highest BCUT2D eigenvalue weighted by molar-refractivity contribution is 7.94. The zero-order valence-corrected chi connectivity index (χ0v) is 11.6. The van der Waals surface area contributed by atoms with Crippen molar-refractivity contribution in [2.75, 3.05) is 4.72 Å². The van der Waals surface area contributed by atoms with Crippen molar-refractivity contribution in [1.82, 2.24) is 4.98 Å². The van der Waals surface area contributed by atoms with Gasteiger partial charge in [-0.1, -0.05) is 11.6 Å². The number of halogens is 1. The van der Waals surface area contributed by atoms with E-state index in [-0.39, 0.29) is 15.6 Å². The lowest BCUT2D eigenvalue weighted by Crippen LogP contribution is -2.13. The molecule has 0 saturated heterocycles. The molecule has 0 atom stereocenters. The molecule has 0 radical (unpaired) electrons. The van der Waals surface area contributed by atoms with Crippen molar-refractivity contribution in [3.8, 4) is 0 Å². The molecular weight excluding hydrogens is 312 g/mol. The molecule has 19 heavy (non-hydrogen) atoms. The summed E-state index contributed by atoms with van der Waals surface area (Å²) in [5.74, 6) is -1.23. The molecule has 6 nitrogen and oxygen atoms in total. The normalized spacial score (nSPS) is 11.2. The molecule has 0 aromatic carbocycles. The van der Waals surface area contributed by atoms with E-state index in [1.165, 1.54) is 24.4 Å². The first kappa shape index (κ1) is 13.8. The number of rotatable bonds is 4. The lowest BCUT2D eigenvalue weighted by molar-refractivity contribution is 0.0697. The molecule has 0 saturated carbocycles. The van der Waals surface area contributed by atoms with E-state index in [0.717, 1.165) is 17.4 Å². The average molecular weight is 319 g/mol. The largest absolute Gasteiger partial charge is 0.478 e. The molecular formula is C10H7ClN2O4S2. The second-order valence-electron chi connectivity index (χ2n) is 3.40. The van der Waals surface area contributed by atoms with E-state index in [1.807, 2.05) is 0 Å². The third kappa shape index (κ3) is 3.22. The minimum Gasteiger partial charge on any atom is -0.478 e. The van der Waals surface area contributed by atoms with Gasteiger partial charge in [0.05, 0.1) is 9.90 Å². The van der Waals surface area contributed by atoms with E-state index in [4.69, 9.17) is 16.7 Å². The van der Waals surface area contributed by atoms with Crippen molar-refractivity contribution >= 4 is 44.7 Å². The summed E-state index contributed by atoms with van der Waals surface area (Å²) in [4.78, 5) is 14.5. The van der Waals surface area contributed by atoms with Gasteiger partial charge in [-0.15, -0.1) is 11.3 Å². The number of hydrogen-bond donors (Lipinski definition) is 2. The monoisotopic (exact) mass is 318 g/mol. The van der Waals surface area contributed by atoms with Crippen LogP contribution in [0.2, 0.25) is 4.34 Å². The number of anilines is 1. The lowest BCUT2D eigenvalue weighted by Gasteiger charge is -2.05. The first-order valence-electron chi connectivity index (χ1n) is 4.86. The Morgan fingerprint density at radius 2 is 2.11 bits per heavy atom. The number of nitrogens with one attached hydrogen (secondary N) is 1. The van der Waals surface area contributed by atoms with Gasteiger partial charge in [0.15, 0.2) is 0 Å². The number of pyridine rings is 1. The van der Waals surface area contributed by atoms with Crippen LogP contribution < -0.4 is 4.72 Å². The van der Waals surface area contributed by atoms with Crippen molar-refractivity contribution in [3.05, 3.63) is 40.4 Å². The van der Waals surface area contributed by atoms with Gasteiger partial charge < -0.3 is 5.11 Å². The molecule has 2 aromatic heterocycles. The number of thiophene rings is 1. The highest BCUT2D eigenvalue weighted by Crippen LogP contribution is 2.26. The number of nitrogens with zero attached hydrogens (tertiary/aromatic N) is 1. The second-order valence-corrected chi connectivity index (χ2v) is 7.02. The molecule has 0 unspecified atom stereocenters. The Balaban J connectivity index is 2.30. The summed E-state index contributed by atoms with van der Waals surface area (Å²) in [5, 5.41) is 8.81. The standard InChI is InChI=1S/C10H7ClN2O4S2/c11-7-1-2-9(18-7)19(16,17)13-8-5-6(10(14)15)3-4-12-8/h1-5H,(H,12,13)(H,14,15). The van der Waals surface area contributed by atoms with Crippen molar-refractivity contribution in [2.45, 2.75) is 4.21 Å². The van der Waals surface area contributed by atoms with Gasteiger partial charge in [-0.05, 0) is 24.3 Å². The molecule has 0 fully saturated rings. The molecule has 100 valence electrons. The Kier molecular flexibility index (Phi) is 3.74. The van der Waals surface area contributed by atoms with Gasteiger partial charge in [-0.3, -0.25) is 4.72 Å². The van der Waals surface area contributed by atoms with Crippen LogP contribution in [0.3, 0.4) is 0 Å². The van der Waals surface area contributed by atoms with Crippen LogP contribution in [-0.4, -0.2) is 24.5 Å². The average Bonchev–Trinajstić information content (AvgIpc) is 2.76. The number of sulfonamides is 1. The Morgan fingerprint density at radius 1 is 1.37 bits per heavy atom. The lowest BCUT2D eigenvalue weighted by atomic mass is 10.3. The van der Waals surface area contributed by atoms with E-state index in [1.54, 1.807) is 0 Å². The van der Waals surface area contributed by atoms with Crippen molar-refractivity contribution in [3.63, 3.8) is 0 Å². The Hall–Kier alpha value is -1.64. The molecule has 0 amide bonds. The van der Waals surface area contributed by atoms with Crippen molar-refractivity contribution in [1.29, 1.82) is 0 Å². The van der Waals surface area contributed by atoms with Crippen LogP contribution in [0, 0.1) is 0 Å². The van der Waals surface area contributed by atoms with Crippen LogP contribution in [0.4, 0.5) is 5.82 Å². The van der Waals surface area contributed by atoms with Gasteiger partial charge >= 0.3 is 5.97 Å². The summed E-state index contributed by atoms with van der Waals surface area (Å²) in [6.45, 7) is 0. The number of aromatic nitrogens is 1. The maximum absolute atomic E-state index is 11.9. The minimum atomic E-state index is -3.81. The minimum absolute atomic E-state index is 0.0278. The Bertz CT molecular complexity index is 727. The number of carbonyl (C=O) groups is 1. The third-order valence-corrected chi connectivity index (χ3v) is 5.14. The Morgan fingerprint density at radius 3 is 2.68 bits per heavy atom. The van der Waals surface area contributed by atoms with E-state index < -0.39 is 16.0 Å². The van der Waals surface area contributed by atoms with Crippen molar-refractivity contribution < 1.29 is 18.3 Å². The molecule has 0 aliphatic rings. The predicted molar refractivity (Wildman–Crippen MR) is 71.3 cm³/mol. The number of hydrogen-bond acceptors (Lipinski definition) is 5. The van der Waals surface area contributed by atoms with Gasteiger partial charge in [0.1, 0.15) is 10.0 Å². The van der Waals surface area contributed by atoms with Crippen LogP contribution >= 0.6 is 22.9 Å². The van der Waals surface area contributed by atoms with Crippen LogP contribution in [0.5, 0.6) is 0 Å². The van der Waals surface area contributed by atoms with E-state index in [0.29, 0.717) is 4.34 Å². The number of carboxylic acid groups (broad SMARTS) is 1. The first-order valence-corrected chi connectivity index (χ1v) is 7.54. The summed E-state index contributed by atoms with van der Waals surface area (Å²) in [6.07, 6.45) is 1.21. The molecule has 2 N–H and O–H groups in total. The molecule has 0 bridgehead atoms. The zero-order chi connectivity index (χ0) is 14.0. The molecule has 2 rings (SSSR count). The van der Waals surface area contributed by atoms with Gasteiger partial charge in [-0.25, -0.2) is 18.2 Å². The van der Waals surface area contributed by atoms with E-state index >= 15 is 0 Å². The number of carboxylic acids is 1. The molecule has 0 aliphatic heterocycles. The summed E-state index contributed by atoms with van der Waals surface area (Å²) >= 11 is 6.56. The maximum atomic E-state index is 11.9. The first-order chi connectivity index (χ1) is 8.88. The number of aromatic carboxylic acids is 1. The molecule has 0 aliphatic carbocycles. The SMILES string of the molecule is O=C(O)c1ccnc(NS(=O)(=O)c2ccc(Cl)s2)c1. The van der Waals surface area contributed by atoms with E-state index in [9.17, 15) is 13.2 Å². The van der Waals surface area contributed by atoms with Gasteiger partial charge in [0, 0.05) is 6.20 Å². The van der Waals surface area contributed by atoms with Crippen molar-refractivity contribution in [2.24, 2.45) is 0 Å². The molecule has 0 spiro atoms. The van der Waals surface area contributed by atoms with Gasteiger partial charge in [-0.2, -0.15) is 0 Å². The fraction of sp³-hybridized carbons (Fsp3) is 0. The summed E-state index contributed by atoms with van der Waals surface area (Å²) < 4.78 is 26.5. The van der Waals surface area contributed by atoms with E-state index in [2.05, 4.69) is 9.71 Å². The van der Waals surface area contributed by atoms with Gasteiger partial charge in [0.2, 0.25) is 0 Å². The highest BCUT2D eigenvalue weighted by Gasteiger charge is 2.17. The highest BCUT2D eigenvalue weighted by atomic mass is 35.5.